The number of hydrogen-bond acceptors (Lipinski definition) is 4. The Morgan fingerprint density at radius 3 is 2.66 bits per heavy atom. The van der Waals surface area contributed by atoms with E-state index in [9.17, 15) is 4.79 Å². The predicted molar refractivity (Wildman–Crippen MR) is 126 cm³/mol. The predicted octanol–water partition coefficient (Wildman–Crippen LogP) is 5.76. The van der Waals surface area contributed by atoms with E-state index >= 15 is 0 Å². The van der Waals surface area contributed by atoms with Gasteiger partial charge in [0.15, 0.2) is 6.61 Å². The van der Waals surface area contributed by atoms with Gasteiger partial charge in [0.1, 0.15) is 18.1 Å². The van der Waals surface area contributed by atoms with Gasteiger partial charge >= 0.3 is 5.97 Å². The number of aliphatic carboxylic acids is 1. The highest BCUT2D eigenvalue weighted by molar-refractivity contribution is 5.80. The highest BCUT2D eigenvalue weighted by Crippen LogP contribution is 2.25. The third kappa shape index (κ3) is 5.32. The van der Waals surface area contributed by atoms with Gasteiger partial charge in [-0.2, -0.15) is 0 Å². The van der Waals surface area contributed by atoms with Gasteiger partial charge in [-0.1, -0.05) is 60.7 Å². The first kappa shape index (κ1) is 21.1. The molecule has 0 aliphatic heterocycles. The van der Waals surface area contributed by atoms with Crippen LogP contribution in [0.2, 0.25) is 0 Å². The van der Waals surface area contributed by atoms with E-state index in [1.165, 1.54) is 0 Å². The summed E-state index contributed by atoms with van der Waals surface area (Å²) in [5.74, 6) is 0.248. The number of aromatic nitrogens is 1. The Bertz CT molecular complexity index is 1280. The summed E-state index contributed by atoms with van der Waals surface area (Å²) in [6.07, 6.45) is 3.97. The second-order valence-corrected chi connectivity index (χ2v) is 7.37. The molecule has 0 saturated heterocycles. The highest BCUT2D eigenvalue weighted by atomic mass is 16.5. The Hall–Kier alpha value is -4.12. The molecule has 4 aromatic rings. The molecule has 0 unspecified atom stereocenters. The van der Waals surface area contributed by atoms with Crippen LogP contribution in [0.3, 0.4) is 0 Å². The molecule has 1 heterocycles. The Morgan fingerprint density at radius 1 is 0.938 bits per heavy atom. The smallest absolute Gasteiger partial charge is 0.341 e. The van der Waals surface area contributed by atoms with Gasteiger partial charge in [0.2, 0.25) is 0 Å². The van der Waals surface area contributed by atoms with E-state index in [1.54, 1.807) is 0 Å². The first-order valence-corrected chi connectivity index (χ1v) is 10.3. The van der Waals surface area contributed by atoms with Crippen molar-refractivity contribution in [3.05, 3.63) is 101 Å². The molecule has 3 aromatic carbocycles. The molecule has 5 nitrogen and oxygen atoms in total. The molecule has 160 valence electrons. The number of nitrogens with zero attached hydrogens (tertiary/aromatic N) is 1. The van der Waals surface area contributed by atoms with Crippen LogP contribution >= 0.6 is 0 Å². The number of ether oxygens (including phenoxy) is 2. The van der Waals surface area contributed by atoms with Crippen molar-refractivity contribution in [2.75, 3.05) is 6.61 Å². The minimum atomic E-state index is -1.01. The zero-order valence-electron chi connectivity index (χ0n) is 17.7. The molecule has 0 atom stereocenters. The summed E-state index contributed by atoms with van der Waals surface area (Å²) in [5.41, 5.74) is 4.50. The maximum atomic E-state index is 10.9. The molecule has 0 aliphatic carbocycles. The zero-order valence-corrected chi connectivity index (χ0v) is 17.7. The summed E-state index contributed by atoms with van der Waals surface area (Å²) >= 11 is 0. The molecule has 4 rings (SSSR count). The van der Waals surface area contributed by atoms with E-state index in [-0.39, 0.29) is 13.2 Å². The SMILES string of the molecule is Cc1cccc(COc2cccc(C=Cc3ccc4ccccc4n3)c2)c1OCC(=O)O. The van der Waals surface area contributed by atoms with Gasteiger partial charge in [-0.25, -0.2) is 9.78 Å². The van der Waals surface area contributed by atoms with Crippen molar-refractivity contribution in [3.8, 4) is 11.5 Å². The van der Waals surface area contributed by atoms with Crippen molar-refractivity contribution in [2.45, 2.75) is 13.5 Å². The van der Waals surface area contributed by atoms with Crippen LogP contribution in [-0.2, 0) is 11.4 Å². The van der Waals surface area contributed by atoms with Crippen molar-refractivity contribution in [1.29, 1.82) is 0 Å². The van der Waals surface area contributed by atoms with E-state index in [0.717, 1.165) is 33.3 Å². The Kier molecular flexibility index (Phi) is 6.46. The molecule has 5 heteroatoms. The van der Waals surface area contributed by atoms with Gasteiger partial charge < -0.3 is 14.6 Å². The van der Waals surface area contributed by atoms with Crippen LogP contribution in [0, 0.1) is 6.92 Å². The second kappa shape index (κ2) is 9.79. The average molecular weight is 425 g/mol. The number of carboxylic acids is 1. The van der Waals surface area contributed by atoms with E-state index < -0.39 is 5.97 Å². The van der Waals surface area contributed by atoms with Crippen LogP contribution in [0.1, 0.15) is 22.4 Å². The molecule has 1 aromatic heterocycles. The van der Waals surface area contributed by atoms with Gasteiger partial charge in [0.05, 0.1) is 11.2 Å². The summed E-state index contributed by atoms with van der Waals surface area (Å²) in [7, 11) is 0. The fraction of sp³-hybridized carbons (Fsp3) is 0.111. The van der Waals surface area contributed by atoms with E-state index in [4.69, 9.17) is 14.6 Å². The van der Waals surface area contributed by atoms with Crippen molar-refractivity contribution < 1.29 is 19.4 Å². The third-order valence-corrected chi connectivity index (χ3v) is 4.95. The summed E-state index contributed by atoms with van der Waals surface area (Å²) in [6, 6.07) is 25.5. The molecule has 0 spiro atoms. The number of pyridine rings is 1. The van der Waals surface area contributed by atoms with Gasteiger partial charge in [-0.05, 0) is 48.4 Å². The number of hydrogen-bond donors (Lipinski definition) is 1. The molecule has 0 amide bonds. The Balaban J connectivity index is 1.46. The molecule has 32 heavy (non-hydrogen) atoms. The topological polar surface area (TPSA) is 68.7 Å². The van der Waals surface area contributed by atoms with Crippen LogP contribution < -0.4 is 9.47 Å². The van der Waals surface area contributed by atoms with E-state index in [1.807, 2.05) is 91.9 Å². The summed E-state index contributed by atoms with van der Waals surface area (Å²) in [6.45, 7) is 1.77. The van der Waals surface area contributed by atoms with Crippen molar-refractivity contribution in [2.24, 2.45) is 0 Å². The molecule has 0 aliphatic rings. The lowest BCUT2D eigenvalue weighted by Gasteiger charge is -2.14. The van der Waals surface area contributed by atoms with Crippen LogP contribution in [0.15, 0.2) is 78.9 Å². The quantitative estimate of drug-likeness (QED) is 0.389. The van der Waals surface area contributed by atoms with Gasteiger partial charge in [0.25, 0.3) is 0 Å². The van der Waals surface area contributed by atoms with E-state index in [2.05, 4.69) is 11.1 Å². The lowest BCUT2D eigenvalue weighted by molar-refractivity contribution is -0.139. The maximum Gasteiger partial charge on any atom is 0.341 e. The molecule has 0 fully saturated rings. The number of carbonyl (C=O) groups is 1. The normalized spacial score (nSPS) is 11.0. The molecule has 0 saturated carbocycles. The molecular formula is C27H23NO4. The standard InChI is InChI=1S/C27H23NO4/c1-19-6-4-9-22(27(19)32-18-26(29)30)17-31-24-10-5-7-20(16-24)12-14-23-15-13-21-8-2-3-11-25(21)28-23/h2-16H,17-18H2,1H3,(H,29,30). The summed E-state index contributed by atoms with van der Waals surface area (Å²) < 4.78 is 11.4. The van der Waals surface area contributed by atoms with Crippen LogP contribution in [0.5, 0.6) is 11.5 Å². The average Bonchev–Trinajstić information content (AvgIpc) is 2.81. The van der Waals surface area contributed by atoms with Crippen molar-refractivity contribution in [3.63, 3.8) is 0 Å². The number of carboxylic acid groups (broad SMARTS) is 1. The molecular weight excluding hydrogens is 402 g/mol. The lowest BCUT2D eigenvalue weighted by atomic mass is 10.1. The molecule has 0 radical (unpaired) electrons. The number of aryl methyl sites for hydroxylation is 1. The summed E-state index contributed by atoms with van der Waals surface area (Å²) in [5, 5.41) is 10.0. The third-order valence-electron chi connectivity index (χ3n) is 4.95. The Labute approximate surface area is 186 Å². The lowest BCUT2D eigenvalue weighted by Crippen LogP contribution is -2.12. The van der Waals surface area contributed by atoms with Crippen LogP contribution in [0.4, 0.5) is 0 Å². The molecule has 0 bridgehead atoms. The van der Waals surface area contributed by atoms with Crippen LogP contribution in [0.25, 0.3) is 23.1 Å². The molecule has 1 N–H and O–H groups in total. The van der Waals surface area contributed by atoms with Crippen LogP contribution in [-0.4, -0.2) is 22.7 Å². The Morgan fingerprint density at radius 2 is 1.78 bits per heavy atom. The van der Waals surface area contributed by atoms with Crippen molar-refractivity contribution in [1.82, 2.24) is 4.98 Å². The van der Waals surface area contributed by atoms with Gasteiger partial charge in [-0.15, -0.1) is 0 Å². The minimum absolute atomic E-state index is 0.274. The number of benzene rings is 3. The number of para-hydroxylation sites is 2. The van der Waals surface area contributed by atoms with Gasteiger partial charge in [-0.3, -0.25) is 0 Å². The minimum Gasteiger partial charge on any atom is -0.489 e. The summed E-state index contributed by atoms with van der Waals surface area (Å²) in [4.78, 5) is 15.5. The largest absolute Gasteiger partial charge is 0.489 e. The second-order valence-electron chi connectivity index (χ2n) is 7.37. The maximum absolute atomic E-state index is 10.9. The van der Waals surface area contributed by atoms with Gasteiger partial charge in [0, 0.05) is 10.9 Å². The monoisotopic (exact) mass is 425 g/mol. The first-order valence-electron chi connectivity index (χ1n) is 10.3. The fourth-order valence-corrected chi connectivity index (χ4v) is 3.39. The number of rotatable bonds is 8. The van der Waals surface area contributed by atoms with E-state index in [0.29, 0.717) is 11.5 Å². The first-order chi connectivity index (χ1) is 15.6. The highest BCUT2D eigenvalue weighted by Gasteiger charge is 2.10. The fourth-order valence-electron chi connectivity index (χ4n) is 3.39. The van der Waals surface area contributed by atoms with Crippen molar-refractivity contribution >= 4 is 29.0 Å². The number of fused-ring (bicyclic) bond motifs is 1. The zero-order chi connectivity index (χ0) is 22.3.